The van der Waals surface area contributed by atoms with E-state index in [9.17, 15) is 0 Å². The highest BCUT2D eigenvalue weighted by atomic mass is 14.4. The Balaban J connectivity index is 2.60. The monoisotopic (exact) mass is 190 g/mol. The van der Waals surface area contributed by atoms with Crippen LogP contribution < -0.4 is 0 Å². The first kappa shape index (κ1) is 11.3. The highest BCUT2D eigenvalue weighted by molar-refractivity contribution is 5.09. The van der Waals surface area contributed by atoms with Gasteiger partial charge in [-0.1, -0.05) is 43.9 Å². The minimum atomic E-state index is 0.491. The molecule has 1 rings (SSSR count). The molecule has 78 valence electrons. The van der Waals surface area contributed by atoms with Gasteiger partial charge in [0.2, 0.25) is 0 Å². The van der Waals surface area contributed by atoms with Gasteiger partial charge in [-0.05, 0) is 43.9 Å². The highest BCUT2D eigenvalue weighted by Crippen LogP contribution is 2.45. The third-order valence-corrected chi connectivity index (χ3v) is 3.43. The zero-order valence-electron chi connectivity index (χ0n) is 9.50. The van der Waals surface area contributed by atoms with Gasteiger partial charge in [0.25, 0.3) is 0 Å². The van der Waals surface area contributed by atoms with E-state index in [1.54, 1.807) is 0 Å². The summed E-state index contributed by atoms with van der Waals surface area (Å²) in [5.41, 5.74) is 0.491. The zero-order chi connectivity index (χ0) is 10.4. The van der Waals surface area contributed by atoms with Crippen molar-refractivity contribution in [2.75, 3.05) is 0 Å². The van der Waals surface area contributed by atoms with Crippen LogP contribution in [0.15, 0.2) is 37.0 Å². The fourth-order valence-corrected chi connectivity index (χ4v) is 2.54. The largest absolute Gasteiger partial charge is 0.0991 e. The highest BCUT2D eigenvalue weighted by Gasteiger charge is 2.33. The molecule has 1 fully saturated rings. The molecule has 0 aromatic rings. The molecule has 0 aromatic carbocycles. The molecule has 0 amide bonds. The predicted octanol–water partition coefficient (Wildman–Crippen LogP) is 4.50. The van der Waals surface area contributed by atoms with Crippen LogP contribution in [0.25, 0.3) is 0 Å². The van der Waals surface area contributed by atoms with Crippen LogP contribution >= 0.6 is 0 Å². The van der Waals surface area contributed by atoms with Crippen LogP contribution in [0.1, 0.15) is 39.5 Å². The zero-order valence-corrected chi connectivity index (χ0v) is 9.50. The third kappa shape index (κ3) is 2.60. The predicted molar refractivity (Wildman–Crippen MR) is 64.2 cm³/mol. The van der Waals surface area contributed by atoms with Gasteiger partial charge >= 0.3 is 0 Å². The summed E-state index contributed by atoms with van der Waals surface area (Å²) >= 11 is 0. The second kappa shape index (κ2) is 5.19. The topological polar surface area (TPSA) is 0 Å². The molecule has 0 heterocycles. The maximum atomic E-state index is 3.71. The normalized spacial score (nSPS) is 33.1. The van der Waals surface area contributed by atoms with E-state index in [4.69, 9.17) is 0 Å². The molecule has 0 spiro atoms. The van der Waals surface area contributed by atoms with Gasteiger partial charge in [-0.15, -0.1) is 0 Å². The summed E-state index contributed by atoms with van der Waals surface area (Å²) in [5, 5.41) is 0. The first-order valence-corrected chi connectivity index (χ1v) is 5.69. The Labute approximate surface area is 88.4 Å². The van der Waals surface area contributed by atoms with Crippen molar-refractivity contribution in [2.24, 2.45) is 11.3 Å². The lowest BCUT2D eigenvalue weighted by Gasteiger charge is -2.23. The van der Waals surface area contributed by atoms with Gasteiger partial charge in [0.05, 0.1) is 0 Å². The summed E-state index contributed by atoms with van der Waals surface area (Å²) in [6.07, 6.45) is 16.2. The average molecular weight is 190 g/mol. The van der Waals surface area contributed by atoms with E-state index < -0.39 is 0 Å². The smallest absolute Gasteiger partial charge is 0.0115 e. The van der Waals surface area contributed by atoms with Crippen LogP contribution in [0.5, 0.6) is 0 Å². The van der Waals surface area contributed by atoms with Gasteiger partial charge in [-0.25, -0.2) is 0 Å². The molecular weight excluding hydrogens is 168 g/mol. The molecule has 0 aliphatic heterocycles. The van der Waals surface area contributed by atoms with E-state index in [-0.39, 0.29) is 0 Å². The van der Waals surface area contributed by atoms with Crippen molar-refractivity contribution in [1.82, 2.24) is 0 Å². The summed E-state index contributed by atoms with van der Waals surface area (Å²) in [5.74, 6) is 0.768. The van der Waals surface area contributed by atoms with E-state index in [0.717, 1.165) is 5.92 Å². The maximum Gasteiger partial charge on any atom is -0.0115 e. The van der Waals surface area contributed by atoms with Crippen LogP contribution in [0.2, 0.25) is 0 Å². The molecule has 14 heavy (non-hydrogen) atoms. The lowest BCUT2D eigenvalue weighted by molar-refractivity contribution is 0.372. The van der Waals surface area contributed by atoms with Gasteiger partial charge in [0.1, 0.15) is 0 Å². The maximum absolute atomic E-state index is 3.71. The van der Waals surface area contributed by atoms with Crippen LogP contribution in [0.4, 0.5) is 0 Å². The van der Waals surface area contributed by atoms with Crippen LogP contribution in [0.3, 0.4) is 0 Å². The standard InChI is InChI=1S/C14H22/c1-4-7-8-13-9-11-14(6-3,12-13)10-5-2/h4-5,7-8,10,13H,1,6,9,11-12H2,2-3H3/b8-7-,10-5-. The molecule has 0 radical (unpaired) electrons. The quantitative estimate of drug-likeness (QED) is 0.452. The molecule has 1 aliphatic rings. The molecule has 0 saturated heterocycles. The molecule has 2 unspecified atom stereocenters. The molecule has 0 N–H and O–H groups in total. The van der Waals surface area contributed by atoms with E-state index >= 15 is 0 Å². The fraction of sp³-hybridized carbons (Fsp3) is 0.571. The second-order valence-corrected chi connectivity index (χ2v) is 4.34. The molecule has 1 saturated carbocycles. The Hall–Kier alpha value is -0.780. The van der Waals surface area contributed by atoms with Crippen molar-refractivity contribution >= 4 is 0 Å². The van der Waals surface area contributed by atoms with Crippen molar-refractivity contribution in [1.29, 1.82) is 0 Å². The Morgan fingerprint density at radius 3 is 2.86 bits per heavy atom. The van der Waals surface area contributed by atoms with Crippen molar-refractivity contribution in [2.45, 2.75) is 39.5 Å². The molecule has 0 heteroatoms. The van der Waals surface area contributed by atoms with Gasteiger partial charge in [0.15, 0.2) is 0 Å². The number of allylic oxidation sites excluding steroid dienone is 5. The van der Waals surface area contributed by atoms with E-state index in [1.807, 2.05) is 6.08 Å². The number of hydrogen-bond donors (Lipinski definition) is 0. The Morgan fingerprint density at radius 1 is 1.50 bits per heavy atom. The lowest BCUT2D eigenvalue weighted by Crippen LogP contribution is -2.11. The summed E-state index contributed by atoms with van der Waals surface area (Å²) < 4.78 is 0. The third-order valence-electron chi connectivity index (χ3n) is 3.43. The number of hydrogen-bond acceptors (Lipinski definition) is 0. The molecule has 0 nitrogen and oxygen atoms in total. The fourth-order valence-electron chi connectivity index (χ4n) is 2.54. The first-order chi connectivity index (χ1) is 6.76. The first-order valence-electron chi connectivity index (χ1n) is 5.69. The van der Waals surface area contributed by atoms with E-state index in [1.165, 1.54) is 25.7 Å². The molecule has 0 aromatic heterocycles. The Kier molecular flexibility index (Phi) is 4.19. The van der Waals surface area contributed by atoms with Crippen molar-refractivity contribution in [3.63, 3.8) is 0 Å². The van der Waals surface area contributed by atoms with Gasteiger partial charge in [-0.3, -0.25) is 0 Å². The van der Waals surface area contributed by atoms with Crippen LogP contribution in [-0.2, 0) is 0 Å². The van der Waals surface area contributed by atoms with Crippen LogP contribution in [0, 0.1) is 11.3 Å². The minimum absolute atomic E-state index is 0.491. The van der Waals surface area contributed by atoms with Crippen molar-refractivity contribution in [3.05, 3.63) is 37.0 Å². The summed E-state index contributed by atoms with van der Waals surface area (Å²) in [7, 11) is 0. The summed E-state index contributed by atoms with van der Waals surface area (Å²) in [4.78, 5) is 0. The van der Waals surface area contributed by atoms with E-state index in [0.29, 0.717) is 5.41 Å². The Bertz CT molecular complexity index is 234. The summed E-state index contributed by atoms with van der Waals surface area (Å²) in [6.45, 7) is 8.15. The Morgan fingerprint density at radius 2 is 2.29 bits per heavy atom. The van der Waals surface area contributed by atoms with Crippen molar-refractivity contribution in [3.8, 4) is 0 Å². The molecule has 0 bridgehead atoms. The van der Waals surface area contributed by atoms with Crippen molar-refractivity contribution < 1.29 is 0 Å². The van der Waals surface area contributed by atoms with Crippen LogP contribution in [-0.4, -0.2) is 0 Å². The molecule has 2 atom stereocenters. The second-order valence-electron chi connectivity index (χ2n) is 4.34. The SMILES string of the molecule is C=C/C=C\C1CCC(/C=C\C)(CC)C1. The minimum Gasteiger partial charge on any atom is -0.0991 e. The molecular formula is C14H22. The lowest BCUT2D eigenvalue weighted by atomic mass is 9.82. The summed E-state index contributed by atoms with van der Waals surface area (Å²) in [6, 6.07) is 0. The van der Waals surface area contributed by atoms with Gasteiger partial charge in [0, 0.05) is 0 Å². The van der Waals surface area contributed by atoms with E-state index in [2.05, 4.69) is 44.7 Å². The van der Waals surface area contributed by atoms with Gasteiger partial charge < -0.3 is 0 Å². The molecule has 1 aliphatic carbocycles. The average Bonchev–Trinajstić information content (AvgIpc) is 2.60. The number of rotatable bonds is 4. The van der Waals surface area contributed by atoms with Gasteiger partial charge in [-0.2, -0.15) is 0 Å².